The summed E-state index contributed by atoms with van der Waals surface area (Å²) in [6.07, 6.45) is 0. The summed E-state index contributed by atoms with van der Waals surface area (Å²) in [6, 6.07) is 0.146. The molecule has 0 bridgehead atoms. The van der Waals surface area contributed by atoms with Gasteiger partial charge in [0.2, 0.25) is 0 Å². The van der Waals surface area contributed by atoms with E-state index in [1.165, 1.54) is 0 Å². The summed E-state index contributed by atoms with van der Waals surface area (Å²) in [5, 5.41) is 0. The molecule has 0 radical (unpaired) electrons. The summed E-state index contributed by atoms with van der Waals surface area (Å²) in [6.45, 7) is -0.194. The van der Waals surface area contributed by atoms with Crippen LogP contribution in [0.4, 0.5) is 0 Å². The van der Waals surface area contributed by atoms with Crippen LogP contribution in [-0.2, 0) is 44.7 Å². The first-order chi connectivity index (χ1) is 2.83. The number of halogens is 2. The zero-order valence-electron chi connectivity index (χ0n) is 3.04. The molecule has 0 amide bonds. The molecule has 0 aliphatic carbocycles. The van der Waals surface area contributed by atoms with E-state index in [2.05, 4.69) is 39.1 Å². The van der Waals surface area contributed by atoms with E-state index in [0.29, 0.717) is 0 Å². The first kappa shape index (κ1) is 16.4. The van der Waals surface area contributed by atoms with E-state index >= 15 is 0 Å². The van der Waals surface area contributed by atoms with Crippen molar-refractivity contribution in [3.05, 3.63) is 0 Å². The van der Waals surface area contributed by atoms with Crippen LogP contribution in [0.15, 0.2) is 0 Å². The first-order valence-corrected chi connectivity index (χ1v) is 9.61. The van der Waals surface area contributed by atoms with E-state index in [1.54, 1.807) is 0 Å². The largest absolute Gasteiger partial charge is 0.0924 e. The van der Waals surface area contributed by atoms with Crippen molar-refractivity contribution >= 4 is 63.1 Å². The average molecular weight is 441 g/mol. The van der Waals surface area contributed by atoms with Gasteiger partial charge in [-0.3, -0.25) is 0 Å². The Bertz CT molecular complexity index is 36.7. The van der Waals surface area contributed by atoms with E-state index in [-0.39, 0.29) is 33.8 Å². The predicted octanol–water partition coefficient (Wildman–Crippen LogP) is 2.18. The Morgan fingerprint density at radius 2 is 1.43 bits per heavy atom. The fourth-order valence-corrected chi connectivity index (χ4v) is 0. The normalized spacial score (nSPS) is 8.29. The van der Waals surface area contributed by atoms with Gasteiger partial charge in [-0.1, -0.05) is 50.3 Å². The second-order valence-electron chi connectivity index (χ2n) is 0.178. The van der Waals surface area contributed by atoms with Crippen molar-refractivity contribution in [2.45, 2.75) is 0 Å². The van der Waals surface area contributed by atoms with E-state index in [1.807, 2.05) is 0 Å². The van der Waals surface area contributed by atoms with Crippen LogP contribution in [0.5, 0.6) is 0 Å². The van der Waals surface area contributed by atoms with Gasteiger partial charge >= 0.3 is 0 Å². The molecule has 0 heterocycles. The summed E-state index contributed by atoms with van der Waals surface area (Å²) in [5.74, 6) is 0. The Morgan fingerprint density at radius 1 is 1.43 bits per heavy atom. The molecule has 0 aliphatic heterocycles. The number of hydrogen-bond acceptors (Lipinski definition) is 2. The molecule has 0 spiro atoms. The Morgan fingerprint density at radius 3 is 1.43 bits per heavy atom. The average Bonchev–Trinajstić information content (AvgIpc) is 1.39. The number of hydrogen-bond donors (Lipinski definition) is 0. The van der Waals surface area contributed by atoms with Crippen LogP contribution in [-0.4, -0.2) is 0 Å². The minimum atomic E-state index is -0.194. The van der Waals surface area contributed by atoms with Gasteiger partial charge in [0.1, 0.15) is 0 Å². The molecule has 0 aliphatic rings. The summed E-state index contributed by atoms with van der Waals surface area (Å²) >= 11 is 16.6. The van der Waals surface area contributed by atoms with Crippen molar-refractivity contribution < 1.29 is 21.1 Å². The quantitative estimate of drug-likeness (QED) is 0.530. The van der Waals surface area contributed by atoms with Crippen LogP contribution >= 0.6 is 39.5 Å². The monoisotopic (exact) mass is 439 g/mol. The zero-order chi connectivity index (χ0) is 5.41. The van der Waals surface area contributed by atoms with Crippen molar-refractivity contribution in [3.8, 4) is 0 Å². The van der Waals surface area contributed by atoms with Gasteiger partial charge < -0.3 is 0 Å². The van der Waals surface area contributed by atoms with Crippen LogP contribution in [0, 0.1) is 0 Å². The van der Waals surface area contributed by atoms with Crippen LogP contribution in [0.1, 0.15) is 0 Å². The van der Waals surface area contributed by atoms with Crippen molar-refractivity contribution in [1.82, 2.24) is 0 Å². The molecule has 2 atom stereocenters. The zero-order valence-corrected chi connectivity index (χ0v) is 11.6. The van der Waals surface area contributed by atoms with Gasteiger partial charge in [0, 0.05) is 27.8 Å². The van der Waals surface area contributed by atoms with Gasteiger partial charge in [-0.15, -0.1) is 0 Å². The Hall–Kier alpha value is 2.76. The van der Waals surface area contributed by atoms with E-state index < -0.39 is 0 Å². The second-order valence-corrected chi connectivity index (χ2v) is 6.57. The van der Waals surface area contributed by atoms with Gasteiger partial charge in [-0.2, -0.15) is 0 Å². The molecule has 2 unspecified atom stereocenters. The molecular weight excluding hydrogens is 437 g/mol. The van der Waals surface area contributed by atoms with Gasteiger partial charge in [-0.25, -0.2) is 0 Å². The molecule has 0 aromatic rings. The third kappa shape index (κ3) is 52.6. The molecule has 0 aromatic heterocycles. The fourth-order valence-electron chi connectivity index (χ4n) is 0. The van der Waals surface area contributed by atoms with Crippen LogP contribution in [0.25, 0.3) is 0 Å². The maximum atomic E-state index is 4.90. The SMILES string of the molecule is S=[PH2]Br.S=[PH2]Cl.[Pt]. The molecule has 0 fully saturated rings. The van der Waals surface area contributed by atoms with Crippen LogP contribution in [0.3, 0.4) is 0 Å². The first-order valence-electron chi connectivity index (χ1n) is 0.908. The number of rotatable bonds is 0. The predicted molar refractivity (Wildman–Crippen MR) is 48.9 cm³/mol. The third-order valence-corrected chi connectivity index (χ3v) is 0. The Balaban J connectivity index is -0.0000000400. The minimum absolute atomic E-state index is 0. The summed E-state index contributed by atoms with van der Waals surface area (Å²) in [7, 11) is 0. The van der Waals surface area contributed by atoms with Crippen molar-refractivity contribution in [3.63, 3.8) is 0 Å². The fraction of sp³-hybridized carbons (Fsp3) is 0. The molecule has 7 heteroatoms. The third-order valence-electron chi connectivity index (χ3n) is 0. The van der Waals surface area contributed by atoms with Gasteiger partial charge in [0.15, 0.2) is 0 Å². The van der Waals surface area contributed by atoms with Crippen LogP contribution in [0.2, 0.25) is 0 Å². The Labute approximate surface area is 83.2 Å². The molecule has 0 nitrogen and oxygen atoms in total. The Kier molecular flexibility index (Phi) is 54.5. The van der Waals surface area contributed by atoms with E-state index in [9.17, 15) is 0 Å². The van der Waals surface area contributed by atoms with E-state index in [0.717, 1.165) is 0 Å². The molecule has 50 valence electrons. The standard InChI is InChI=1S/BrH2PS.ClH2PS.Pt/c2*1-2-3;/h2*2H2;. The second kappa shape index (κ2) is 23.3. The van der Waals surface area contributed by atoms with Crippen molar-refractivity contribution in [2.75, 3.05) is 0 Å². The van der Waals surface area contributed by atoms with Gasteiger partial charge in [-0.05, 0) is 6.06 Å². The molecule has 0 saturated carbocycles. The van der Waals surface area contributed by atoms with E-state index in [4.69, 9.17) is 11.2 Å². The molecule has 7 heavy (non-hydrogen) atoms. The topological polar surface area (TPSA) is 0 Å². The summed E-state index contributed by atoms with van der Waals surface area (Å²) in [4.78, 5) is 0. The maximum absolute atomic E-state index is 4.90. The van der Waals surface area contributed by atoms with Crippen molar-refractivity contribution in [2.24, 2.45) is 0 Å². The summed E-state index contributed by atoms with van der Waals surface area (Å²) < 4.78 is 0. The molecule has 0 N–H and O–H groups in total. The van der Waals surface area contributed by atoms with Crippen molar-refractivity contribution in [1.29, 1.82) is 0 Å². The molecule has 0 saturated heterocycles. The molecular formula is H4BrClP2PtS2. The molecule has 0 rings (SSSR count). The van der Waals surface area contributed by atoms with Gasteiger partial charge in [0.05, 0.1) is 0 Å². The smallest absolute Gasteiger partial charge is 0.0152 e. The molecule has 0 aromatic carbocycles. The van der Waals surface area contributed by atoms with Gasteiger partial charge in [0.25, 0.3) is 0 Å². The minimum Gasteiger partial charge on any atom is -0.0924 e. The van der Waals surface area contributed by atoms with Crippen LogP contribution < -0.4 is 0 Å². The maximum Gasteiger partial charge on any atom is 0.0152 e. The summed E-state index contributed by atoms with van der Waals surface area (Å²) in [5.41, 5.74) is 0.